The highest BCUT2D eigenvalue weighted by atomic mass is 32.2. The molecule has 4 aromatic rings. The Bertz CT molecular complexity index is 1540. The van der Waals surface area contributed by atoms with Gasteiger partial charge < -0.3 is 5.32 Å². The van der Waals surface area contributed by atoms with Gasteiger partial charge in [0.1, 0.15) is 11.5 Å². The van der Waals surface area contributed by atoms with Crippen molar-refractivity contribution in [1.29, 1.82) is 0 Å². The lowest BCUT2D eigenvalue weighted by Crippen LogP contribution is -2.30. The van der Waals surface area contributed by atoms with E-state index in [2.05, 4.69) is 15.3 Å². The van der Waals surface area contributed by atoms with Gasteiger partial charge in [0.05, 0.1) is 28.3 Å². The number of halogens is 3. The molecule has 1 N–H and O–H groups in total. The molecule has 2 aromatic heterocycles. The van der Waals surface area contributed by atoms with Gasteiger partial charge in [-0.2, -0.15) is 13.2 Å². The van der Waals surface area contributed by atoms with Crippen molar-refractivity contribution in [3.05, 3.63) is 83.7 Å². The summed E-state index contributed by atoms with van der Waals surface area (Å²) in [5.74, 6) is 0.183. The molecule has 0 spiro atoms. The summed E-state index contributed by atoms with van der Waals surface area (Å²) in [6.45, 7) is 3.82. The minimum absolute atomic E-state index is 0.0443. The van der Waals surface area contributed by atoms with Crippen LogP contribution in [-0.4, -0.2) is 18.4 Å². The first kappa shape index (κ1) is 23.1. The Morgan fingerprint density at radius 3 is 2.43 bits per heavy atom. The molecule has 0 bridgehead atoms. The van der Waals surface area contributed by atoms with Crippen molar-refractivity contribution in [3.63, 3.8) is 0 Å². The summed E-state index contributed by atoms with van der Waals surface area (Å²) in [6.07, 6.45) is -3.04. The quantitative estimate of drug-likeness (QED) is 0.363. The van der Waals surface area contributed by atoms with Gasteiger partial charge in [-0.1, -0.05) is 32.0 Å². The number of rotatable bonds is 3. The molecule has 10 heteroatoms. The first-order valence-electron chi connectivity index (χ1n) is 10.9. The molecule has 35 heavy (non-hydrogen) atoms. The zero-order valence-electron chi connectivity index (χ0n) is 18.8. The SMILES string of the molecule is CC(C)c1ccc(S(=O)(=O)N2Cc3ccc(C(F)(F)F)nc3Nc3ccc4ncccc4c32)cc1. The first-order valence-corrected chi connectivity index (χ1v) is 12.3. The Morgan fingerprint density at radius 1 is 1.00 bits per heavy atom. The van der Waals surface area contributed by atoms with E-state index in [1.807, 2.05) is 13.8 Å². The fraction of sp³-hybridized carbons (Fsp3) is 0.200. The van der Waals surface area contributed by atoms with Crippen LogP contribution < -0.4 is 9.62 Å². The first-order chi connectivity index (χ1) is 16.6. The third kappa shape index (κ3) is 4.07. The summed E-state index contributed by atoms with van der Waals surface area (Å²) in [7, 11) is -4.10. The van der Waals surface area contributed by atoms with Crippen molar-refractivity contribution in [3.8, 4) is 0 Å². The predicted molar refractivity (Wildman–Crippen MR) is 128 cm³/mol. The Kier molecular flexibility index (Phi) is 5.43. The number of hydrogen-bond donors (Lipinski definition) is 1. The van der Waals surface area contributed by atoms with Crippen LogP contribution in [0, 0.1) is 0 Å². The minimum atomic E-state index is -4.64. The van der Waals surface area contributed by atoms with E-state index in [1.54, 1.807) is 54.7 Å². The van der Waals surface area contributed by atoms with Crippen LogP contribution in [0.15, 0.2) is 71.8 Å². The third-order valence-corrected chi connectivity index (χ3v) is 7.74. The molecule has 0 saturated carbocycles. The summed E-state index contributed by atoms with van der Waals surface area (Å²) in [5, 5.41) is 3.49. The molecule has 2 aromatic carbocycles. The van der Waals surface area contributed by atoms with Crippen LogP contribution in [0.4, 0.5) is 30.4 Å². The molecule has 1 aliphatic heterocycles. The molecule has 0 fully saturated rings. The normalized spacial score (nSPS) is 13.8. The van der Waals surface area contributed by atoms with Crippen LogP contribution in [-0.2, 0) is 22.7 Å². The van der Waals surface area contributed by atoms with Gasteiger partial charge in [-0.15, -0.1) is 0 Å². The van der Waals surface area contributed by atoms with Crippen LogP contribution in [0.5, 0.6) is 0 Å². The van der Waals surface area contributed by atoms with Gasteiger partial charge >= 0.3 is 6.18 Å². The Labute approximate surface area is 200 Å². The van der Waals surface area contributed by atoms with E-state index < -0.39 is 21.9 Å². The van der Waals surface area contributed by atoms with Gasteiger partial charge in [0.2, 0.25) is 0 Å². The molecule has 0 radical (unpaired) electrons. The summed E-state index contributed by atoms with van der Waals surface area (Å²) >= 11 is 0. The summed E-state index contributed by atoms with van der Waals surface area (Å²) < 4.78 is 69.1. The average Bonchev–Trinajstić information content (AvgIpc) is 3.00. The van der Waals surface area contributed by atoms with Crippen molar-refractivity contribution < 1.29 is 21.6 Å². The lowest BCUT2D eigenvalue weighted by Gasteiger charge is -2.26. The van der Waals surface area contributed by atoms with E-state index in [-0.39, 0.29) is 23.2 Å². The number of hydrogen-bond acceptors (Lipinski definition) is 5. The molecule has 0 saturated heterocycles. The van der Waals surface area contributed by atoms with Crippen molar-refractivity contribution >= 4 is 38.1 Å². The van der Waals surface area contributed by atoms with Crippen molar-refractivity contribution in [2.24, 2.45) is 0 Å². The Hall–Kier alpha value is -3.66. The van der Waals surface area contributed by atoms with Crippen LogP contribution in [0.25, 0.3) is 10.9 Å². The number of fused-ring (bicyclic) bond motifs is 4. The maximum absolute atomic E-state index is 13.9. The lowest BCUT2D eigenvalue weighted by atomic mass is 10.0. The van der Waals surface area contributed by atoms with Gasteiger partial charge in [0.25, 0.3) is 10.0 Å². The Morgan fingerprint density at radius 2 is 1.74 bits per heavy atom. The molecular weight excluding hydrogens is 477 g/mol. The molecule has 0 unspecified atom stereocenters. The summed E-state index contributed by atoms with van der Waals surface area (Å²) in [5.41, 5.74) is 1.42. The van der Waals surface area contributed by atoms with E-state index in [0.717, 1.165) is 11.6 Å². The van der Waals surface area contributed by atoms with Crippen molar-refractivity contribution in [2.75, 3.05) is 9.62 Å². The van der Waals surface area contributed by atoms with E-state index in [0.29, 0.717) is 27.8 Å². The average molecular weight is 499 g/mol. The topological polar surface area (TPSA) is 75.2 Å². The van der Waals surface area contributed by atoms with Gasteiger partial charge in [-0.05, 0) is 53.9 Å². The molecule has 0 aliphatic carbocycles. The highest BCUT2D eigenvalue weighted by molar-refractivity contribution is 7.92. The zero-order chi connectivity index (χ0) is 25.0. The van der Waals surface area contributed by atoms with Crippen LogP contribution in [0.3, 0.4) is 0 Å². The standard InChI is InChI=1S/C25H21F3N4O2S/c1-15(2)16-5-8-18(9-6-16)35(33,34)32-14-17-7-12-22(25(26,27)28)31-24(17)30-21-11-10-20-19(23(21)32)4-3-13-29-20/h3-13,15H,14H2,1-2H3,(H,30,31). The second kappa shape index (κ2) is 8.23. The monoisotopic (exact) mass is 498 g/mol. The second-order valence-corrected chi connectivity index (χ2v) is 10.5. The molecular formula is C25H21F3N4O2S. The maximum atomic E-state index is 13.9. The second-order valence-electron chi connectivity index (χ2n) is 8.59. The lowest BCUT2D eigenvalue weighted by molar-refractivity contribution is -0.141. The number of sulfonamides is 1. The van der Waals surface area contributed by atoms with Crippen LogP contribution in [0.2, 0.25) is 0 Å². The third-order valence-electron chi connectivity index (χ3n) is 5.98. The zero-order valence-corrected chi connectivity index (χ0v) is 19.7. The van der Waals surface area contributed by atoms with Gasteiger partial charge in [-0.25, -0.2) is 13.4 Å². The Balaban J connectivity index is 1.73. The largest absolute Gasteiger partial charge is 0.433 e. The smallest absolute Gasteiger partial charge is 0.338 e. The number of nitrogens with zero attached hydrogens (tertiary/aromatic N) is 3. The number of aromatic nitrogens is 2. The molecule has 1 aliphatic rings. The van der Waals surface area contributed by atoms with E-state index >= 15 is 0 Å². The summed E-state index contributed by atoms with van der Waals surface area (Å²) in [6, 6.07) is 15.5. The fourth-order valence-corrected chi connectivity index (χ4v) is 5.59. The molecule has 3 heterocycles. The van der Waals surface area contributed by atoms with Gasteiger partial charge in [0, 0.05) is 17.1 Å². The number of nitrogens with one attached hydrogen (secondary N) is 1. The number of pyridine rings is 2. The molecule has 6 nitrogen and oxygen atoms in total. The highest BCUT2D eigenvalue weighted by Crippen LogP contribution is 2.43. The van der Waals surface area contributed by atoms with E-state index in [9.17, 15) is 21.6 Å². The summed E-state index contributed by atoms with van der Waals surface area (Å²) in [4.78, 5) is 8.17. The molecule has 180 valence electrons. The molecule has 0 atom stereocenters. The van der Waals surface area contributed by atoms with E-state index in [1.165, 1.54) is 10.4 Å². The molecule has 0 amide bonds. The highest BCUT2D eigenvalue weighted by Gasteiger charge is 2.36. The number of benzene rings is 2. The number of alkyl halides is 3. The predicted octanol–water partition coefficient (Wildman–Crippen LogP) is 6.22. The fourth-order valence-electron chi connectivity index (χ4n) is 4.11. The molecule has 5 rings (SSSR count). The van der Waals surface area contributed by atoms with Crippen LogP contribution in [0.1, 0.15) is 36.6 Å². The van der Waals surface area contributed by atoms with Crippen LogP contribution >= 0.6 is 0 Å². The minimum Gasteiger partial charge on any atom is -0.338 e. The van der Waals surface area contributed by atoms with Gasteiger partial charge in [-0.3, -0.25) is 9.29 Å². The van der Waals surface area contributed by atoms with Gasteiger partial charge in [0.15, 0.2) is 0 Å². The number of anilines is 3. The van der Waals surface area contributed by atoms with Crippen molar-refractivity contribution in [2.45, 2.75) is 37.4 Å². The maximum Gasteiger partial charge on any atom is 0.433 e. The van der Waals surface area contributed by atoms with E-state index in [4.69, 9.17) is 0 Å². The van der Waals surface area contributed by atoms with Crippen molar-refractivity contribution in [1.82, 2.24) is 9.97 Å².